The van der Waals surface area contributed by atoms with Crippen molar-refractivity contribution in [2.24, 2.45) is 4.99 Å². The molecule has 1 fully saturated rings. The van der Waals surface area contributed by atoms with Crippen LogP contribution in [0.15, 0.2) is 53.2 Å². The summed E-state index contributed by atoms with van der Waals surface area (Å²) < 4.78 is 31.0. The number of nitrogens with one attached hydrogen (secondary N) is 2. The van der Waals surface area contributed by atoms with Crippen molar-refractivity contribution >= 4 is 40.0 Å². The highest BCUT2D eigenvalue weighted by atomic mass is 32.1. The highest BCUT2D eigenvalue weighted by Crippen LogP contribution is 2.37. The van der Waals surface area contributed by atoms with Crippen molar-refractivity contribution in [2.75, 3.05) is 42.1 Å². The molecule has 9 nitrogen and oxygen atoms in total. The molecule has 2 aliphatic rings. The molecule has 1 unspecified atom stereocenters. The number of carbonyl (C=O) groups is 1. The van der Waals surface area contributed by atoms with Gasteiger partial charge in [-0.1, -0.05) is 12.1 Å². The second-order valence-corrected chi connectivity index (χ2v) is 11.3. The number of benzene rings is 2. The van der Waals surface area contributed by atoms with Crippen molar-refractivity contribution in [3.8, 4) is 11.1 Å². The second kappa shape index (κ2) is 12.0. The van der Waals surface area contributed by atoms with Crippen LogP contribution in [0.2, 0.25) is 0 Å². The van der Waals surface area contributed by atoms with E-state index in [2.05, 4.69) is 30.5 Å². The Morgan fingerprint density at radius 1 is 1.19 bits per heavy atom. The lowest BCUT2D eigenvalue weighted by molar-refractivity contribution is -0.117. The molecule has 0 saturated carbocycles. The van der Waals surface area contributed by atoms with E-state index in [1.54, 1.807) is 17.9 Å². The van der Waals surface area contributed by atoms with E-state index >= 15 is 0 Å². The maximum Gasteiger partial charge on any atom is 0.264 e. The summed E-state index contributed by atoms with van der Waals surface area (Å²) in [4.78, 5) is 28.8. The molecule has 0 bridgehead atoms. The van der Waals surface area contributed by atoms with Gasteiger partial charge in [-0.05, 0) is 54.7 Å². The summed E-state index contributed by atoms with van der Waals surface area (Å²) in [5.74, 6) is -0.440. The summed E-state index contributed by atoms with van der Waals surface area (Å²) in [7, 11) is 0. The van der Waals surface area contributed by atoms with Gasteiger partial charge in [0.25, 0.3) is 12.3 Å². The van der Waals surface area contributed by atoms with Crippen molar-refractivity contribution in [1.82, 2.24) is 19.9 Å². The number of carbonyl (C=O) groups excluding carboxylic acids is 1. The van der Waals surface area contributed by atoms with Crippen LogP contribution in [0, 0.1) is 6.92 Å². The van der Waals surface area contributed by atoms with Gasteiger partial charge in [0.15, 0.2) is 11.2 Å². The van der Waals surface area contributed by atoms with Crippen molar-refractivity contribution in [3.05, 3.63) is 76.3 Å². The molecular formula is C30H32F2N8OS. The summed E-state index contributed by atoms with van der Waals surface area (Å²) in [5.41, 5.74) is 11.2. The van der Waals surface area contributed by atoms with Gasteiger partial charge in [0.1, 0.15) is 0 Å². The van der Waals surface area contributed by atoms with Gasteiger partial charge < -0.3 is 20.5 Å². The Labute approximate surface area is 246 Å². The zero-order chi connectivity index (χ0) is 29.2. The summed E-state index contributed by atoms with van der Waals surface area (Å²) in [5, 5.41) is 8.30. The first-order valence-electron chi connectivity index (χ1n) is 14.0. The predicted octanol–water partition coefficient (Wildman–Crippen LogP) is 4.99. The molecule has 2 aliphatic heterocycles. The molecule has 0 radical (unpaired) electrons. The largest absolute Gasteiger partial charge is 0.398 e. The Hall–Kier alpha value is -4.16. The Bertz CT molecular complexity index is 1590. The van der Waals surface area contributed by atoms with Gasteiger partial charge in [0.2, 0.25) is 0 Å². The molecule has 4 aromatic rings. The Kier molecular flexibility index (Phi) is 7.98. The number of thiazole rings is 1. The smallest absolute Gasteiger partial charge is 0.264 e. The number of fused-ring (bicyclic) bond motifs is 1. The average molecular weight is 591 g/mol. The van der Waals surface area contributed by atoms with Crippen LogP contribution in [0.1, 0.15) is 47.0 Å². The highest BCUT2D eigenvalue weighted by molar-refractivity contribution is 7.13. The summed E-state index contributed by atoms with van der Waals surface area (Å²) in [6.45, 7) is 6.31. The number of piperazine rings is 1. The van der Waals surface area contributed by atoms with Crippen molar-refractivity contribution in [1.29, 1.82) is 0 Å². The number of aryl methyl sites for hydroxylation is 1. The first kappa shape index (κ1) is 28.0. The molecular weight excluding hydrogens is 558 g/mol. The molecule has 1 atom stereocenters. The normalized spacial score (nSPS) is 15.9. The van der Waals surface area contributed by atoms with E-state index in [9.17, 15) is 13.6 Å². The molecule has 6 rings (SSSR count). The fourth-order valence-electron chi connectivity index (χ4n) is 5.65. The van der Waals surface area contributed by atoms with Gasteiger partial charge in [-0.2, -0.15) is 0 Å². The molecule has 0 spiro atoms. The molecule has 4 N–H and O–H groups in total. The molecule has 12 heteroatoms. The fourth-order valence-corrected chi connectivity index (χ4v) is 6.18. The Morgan fingerprint density at radius 2 is 1.98 bits per heavy atom. The third-order valence-electron chi connectivity index (χ3n) is 7.92. The van der Waals surface area contributed by atoms with Crippen LogP contribution in [-0.2, 0) is 17.8 Å². The topological polar surface area (TPSA) is 113 Å². The SMILES string of the molecule is Cc1c(-c2ccc(N3CCNCC3)cc2)cc(C(F)F)c(C=NC(C(=O)Nc2nccs2)c2ncn3c2CCC3)c1N. The first-order valence-corrected chi connectivity index (χ1v) is 14.8. The molecule has 42 heavy (non-hydrogen) atoms. The third kappa shape index (κ3) is 5.51. The van der Waals surface area contributed by atoms with Gasteiger partial charge >= 0.3 is 0 Å². The Morgan fingerprint density at radius 3 is 2.69 bits per heavy atom. The molecule has 2 aromatic heterocycles. The van der Waals surface area contributed by atoms with E-state index in [1.807, 2.05) is 35.8 Å². The van der Waals surface area contributed by atoms with E-state index < -0.39 is 18.4 Å². The minimum absolute atomic E-state index is 0.103. The number of nitrogen functional groups attached to an aromatic ring is 1. The van der Waals surface area contributed by atoms with E-state index in [-0.39, 0.29) is 16.8 Å². The van der Waals surface area contributed by atoms with E-state index in [0.29, 0.717) is 22.0 Å². The monoisotopic (exact) mass is 590 g/mol. The van der Waals surface area contributed by atoms with Crippen LogP contribution in [0.25, 0.3) is 11.1 Å². The number of nitrogens with zero attached hydrogens (tertiary/aromatic N) is 5. The van der Waals surface area contributed by atoms with Gasteiger partial charge in [-0.15, -0.1) is 11.3 Å². The van der Waals surface area contributed by atoms with Gasteiger partial charge in [0.05, 0.1) is 12.0 Å². The number of amides is 1. The lowest BCUT2D eigenvalue weighted by Gasteiger charge is -2.29. The van der Waals surface area contributed by atoms with Crippen LogP contribution < -0.4 is 21.3 Å². The van der Waals surface area contributed by atoms with E-state index in [4.69, 9.17) is 5.73 Å². The van der Waals surface area contributed by atoms with Gasteiger partial charge in [0, 0.05) is 78.7 Å². The highest BCUT2D eigenvalue weighted by Gasteiger charge is 2.29. The number of hydrogen-bond acceptors (Lipinski definition) is 8. The van der Waals surface area contributed by atoms with Gasteiger partial charge in [-0.3, -0.25) is 15.1 Å². The van der Waals surface area contributed by atoms with Crippen molar-refractivity contribution in [3.63, 3.8) is 0 Å². The second-order valence-electron chi connectivity index (χ2n) is 10.4. The van der Waals surface area contributed by atoms with E-state index in [0.717, 1.165) is 62.5 Å². The lowest BCUT2D eigenvalue weighted by Crippen LogP contribution is -2.43. The summed E-state index contributed by atoms with van der Waals surface area (Å²) >= 11 is 1.28. The number of hydrogen-bond donors (Lipinski definition) is 3. The van der Waals surface area contributed by atoms with Crippen LogP contribution in [0.4, 0.5) is 25.3 Å². The number of anilines is 3. The van der Waals surface area contributed by atoms with Crippen LogP contribution in [-0.4, -0.2) is 52.8 Å². The number of rotatable bonds is 8. The minimum atomic E-state index is -2.80. The quantitative estimate of drug-likeness (QED) is 0.197. The molecule has 1 saturated heterocycles. The number of aliphatic imine (C=N–C) groups is 1. The minimum Gasteiger partial charge on any atom is -0.398 e. The molecule has 218 valence electrons. The van der Waals surface area contributed by atoms with Crippen molar-refractivity contribution < 1.29 is 13.6 Å². The average Bonchev–Trinajstić information content (AvgIpc) is 3.76. The number of nitrogens with two attached hydrogens (primary N) is 1. The number of alkyl halides is 2. The number of halogens is 2. The van der Waals surface area contributed by atoms with E-state index in [1.165, 1.54) is 23.6 Å². The number of aromatic nitrogens is 3. The third-order valence-corrected chi connectivity index (χ3v) is 8.61. The van der Waals surface area contributed by atoms with Crippen molar-refractivity contribution in [2.45, 2.75) is 38.8 Å². The molecule has 4 heterocycles. The molecule has 2 aromatic carbocycles. The maximum atomic E-state index is 14.5. The zero-order valence-corrected chi connectivity index (χ0v) is 24.0. The van der Waals surface area contributed by atoms with Gasteiger partial charge in [-0.25, -0.2) is 18.7 Å². The fraction of sp³-hybridized carbons (Fsp3) is 0.333. The van der Waals surface area contributed by atoms with Crippen LogP contribution in [0.5, 0.6) is 0 Å². The van der Waals surface area contributed by atoms with Crippen LogP contribution >= 0.6 is 11.3 Å². The summed E-state index contributed by atoms with van der Waals surface area (Å²) in [6, 6.07) is 8.36. The maximum absolute atomic E-state index is 14.5. The molecule has 1 amide bonds. The zero-order valence-electron chi connectivity index (χ0n) is 23.2. The first-order chi connectivity index (χ1) is 20.4. The Balaban J connectivity index is 1.35. The predicted molar refractivity (Wildman–Crippen MR) is 163 cm³/mol. The van der Waals surface area contributed by atoms with Crippen LogP contribution in [0.3, 0.4) is 0 Å². The summed E-state index contributed by atoms with van der Waals surface area (Å²) in [6.07, 6.45) is 3.49. The number of imidazole rings is 1. The standard InChI is InChI=1S/C30H32F2N8OS/c1-18-21(19-4-6-20(7-5-19)39-12-8-34-9-13-39)15-22(28(31)32)23(25(18)33)16-36-27(29(41)38-30-35-10-14-42-30)26-24-3-2-11-40(24)17-37-26/h4-7,10,14-17,27-28,34H,2-3,8-9,11-13,33H2,1H3,(H,35,38,41). The molecule has 0 aliphatic carbocycles. The lowest BCUT2D eigenvalue weighted by atomic mass is 9.92.